The number of hydrogen-bond acceptors (Lipinski definition) is 2. The highest BCUT2D eigenvalue weighted by atomic mass is 16.3. The maximum atomic E-state index is 12.0. The highest BCUT2D eigenvalue weighted by molar-refractivity contribution is 5.49. The third-order valence-corrected chi connectivity index (χ3v) is 6.47. The van der Waals surface area contributed by atoms with Gasteiger partial charge in [-0.2, -0.15) is 0 Å². The van der Waals surface area contributed by atoms with Gasteiger partial charge < -0.3 is 5.11 Å². The van der Waals surface area contributed by atoms with E-state index in [1.54, 1.807) is 0 Å². The van der Waals surface area contributed by atoms with Gasteiger partial charge in [0, 0.05) is 24.9 Å². The molecule has 0 bridgehead atoms. The third-order valence-electron chi connectivity index (χ3n) is 6.47. The molecule has 1 saturated heterocycles. The van der Waals surface area contributed by atoms with E-state index in [9.17, 15) is 5.11 Å². The van der Waals surface area contributed by atoms with Crippen molar-refractivity contribution in [2.45, 2.75) is 24.5 Å². The van der Waals surface area contributed by atoms with E-state index >= 15 is 0 Å². The number of benzene rings is 3. The fraction of sp³-hybridized carbons (Fsp3) is 0.280. The topological polar surface area (TPSA) is 23.5 Å². The lowest BCUT2D eigenvalue weighted by molar-refractivity contribution is -0.00937. The van der Waals surface area contributed by atoms with E-state index in [2.05, 4.69) is 71.6 Å². The summed E-state index contributed by atoms with van der Waals surface area (Å²) in [5.41, 5.74) is 3.95. The van der Waals surface area contributed by atoms with Gasteiger partial charge in [0.15, 0.2) is 0 Å². The van der Waals surface area contributed by atoms with Gasteiger partial charge in [0.1, 0.15) is 5.60 Å². The first-order valence-corrected chi connectivity index (χ1v) is 9.90. The van der Waals surface area contributed by atoms with Crippen molar-refractivity contribution in [3.05, 3.63) is 107 Å². The fourth-order valence-electron chi connectivity index (χ4n) is 5.25. The summed E-state index contributed by atoms with van der Waals surface area (Å²) in [5.74, 6) is 0.619. The average molecular weight is 355 g/mol. The lowest BCUT2D eigenvalue weighted by atomic mass is 9.74. The van der Waals surface area contributed by atoms with Crippen molar-refractivity contribution < 1.29 is 5.11 Å². The molecule has 27 heavy (non-hydrogen) atoms. The molecular weight excluding hydrogens is 330 g/mol. The molecule has 2 heteroatoms. The number of fused-ring (bicyclic) bond motifs is 3. The molecule has 2 nitrogen and oxygen atoms in total. The Morgan fingerprint density at radius 2 is 1.52 bits per heavy atom. The Morgan fingerprint density at radius 1 is 0.852 bits per heavy atom. The van der Waals surface area contributed by atoms with E-state index in [-0.39, 0.29) is 5.92 Å². The van der Waals surface area contributed by atoms with E-state index in [0.29, 0.717) is 5.92 Å². The quantitative estimate of drug-likeness (QED) is 0.745. The zero-order chi connectivity index (χ0) is 18.3. The van der Waals surface area contributed by atoms with E-state index in [1.807, 2.05) is 18.2 Å². The van der Waals surface area contributed by atoms with Crippen molar-refractivity contribution in [2.24, 2.45) is 5.92 Å². The fourth-order valence-corrected chi connectivity index (χ4v) is 5.25. The van der Waals surface area contributed by atoms with Gasteiger partial charge in [0.2, 0.25) is 0 Å². The number of rotatable bonds is 3. The van der Waals surface area contributed by atoms with Crippen LogP contribution in [0.15, 0.2) is 84.9 Å². The number of hydrogen-bond donors (Lipinski definition) is 1. The minimum absolute atomic E-state index is 0.240. The molecule has 3 aromatic rings. The summed E-state index contributed by atoms with van der Waals surface area (Å²) in [5, 5.41) is 12.0. The first kappa shape index (κ1) is 16.7. The van der Waals surface area contributed by atoms with Crippen LogP contribution in [0.5, 0.6) is 0 Å². The first-order chi connectivity index (χ1) is 13.3. The second-order valence-electron chi connectivity index (χ2n) is 7.94. The standard InChI is InChI=1S/C25H25NO/c27-25(20-11-5-2-6-12-20)23-14-8-7-13-21(23)22-18-26(16-15-24(22)25)17-19-9-3-1-4-10-19/h1-14,22,24,27H,15-18H2. The Balaban J connectivity index is 1.50. The summed E-state index contributed by atoms with van der Waals surface area (Å²) in [4.78, 5) is 2.55. The van der Waals surface area contributed by atoms with Crippen LogP contribution in [-0.2, 0) is 12.1 Å². The van der Waals surface area contributed by atoms with Crippen LogP contribution in [0.3, 0.4) is 0 Å². The zero-order valence-electron chi connectivity index (χ0n) is 15.5. The maximum Gasteiger partial charge on any atom is 0.118 e. The summed E-state index contributed by atoms with van der Waals surface area (Å²) in [6.45, 7) is 3.01. The van der Waals surface area contributed by atoms with Gasteiger partial charge in [-0.05, 0) is 35.2 Å². The molecule has 3 atom stereocenters. The smallest absolute Gasteiger partial charge is 0.118 e. The lowest BCUT2D eigenvalue weighted by Crippen LogP contribution is -2.43. The van der Waals surface area contributed by atoms with E-state index in [1.165, 1.54) is 11.1 Å². The van der Waals surface area contributed by atoms with Crippen molar-refractivity contribution >= 4 is 0 Å². The summed E-state index contributed by atoms with van der Waals surface area (Å²) >= 11 is 0. The van der Waals surface area contributed by atoms with Gasteiger partial charge in [0.05, 0.1) is 0 Å². The molecule has 0 radical (unpaired) electrons. The molecule has 2 aliphatic rings. The van der Waals surface area contributed by atoms with Crippen molar-refractivity contribution in [1.82, 2.24) is 4.90 Å². The van der Waals surface area contributed by atoms with Crippen molar-refractivity contribution in [1.29, 1.82) is 0 Å². The number of piperidine rings is 1. The third kappa shape index (κ3) is 2.72. The Bertz CT molecular complexity index is 923. The highest BCUT2D eigenvalue weighted by Gasteiger charge is 2.53. The number of likely N-dealkylation sites (tertiary alicyclic amines) is 1. The monoisotopic (exact) mass is 355 g/mol. The Morgan fingerprint density at radius 3 is 2.30 bits per heavy atom. The molecule has 5 rings (SSSR count). The van der Waals surface area contributed by atoms with Gasteiger partial charge >= 0.3 is 0 Å². The van der Waals surface area contributed by atoms with Crippen LogP contribution in [-0.4, -0.2) is 23.1 Å². The van der Waals surface area contributed by atoms with Crippen molar-refractivity contribution in [3.63, 3.8) is 0 Å². The normalized spacial score (nSPS) is 27.1. The van der Waals surface area contributed by atoms with Crippen molar-refractivity contribution in [3.8, 4) is 0 Å². The van der Waals surface area contributed by atoms with Crippen LogP contribution >= 0.6 is 0 Å². The zero-order valence-corrected chi connectivity index (χ0v) is 15.5. The number of nitrogens with zero attached hydrogens (tertiary/aromatic N) is 1. The Kier molecular flexibility index (Phi) is 4.11. The van der Waals surface area contributed by atoms with Gasteiger partial charge in [-0.25, -0.2) is 0 Å². The minimum atomic E-state index is -0.874. The summed E-state index contributed by atoms with van der Waals surface area (Å²) in [6, 6.07) is 29.5. The Labute approximate surface area is 161 Å². The van der Waals surface area contributed by atoms with Gasteiger partial charge in [0.25, 0.3) is 0 Å². The molecule has 1 heterocycles. The lowest BCUT2D eigenvalue weighted by Gasteiger charge is -2.41. The summed E-state index contributed by atoms with van der Waals surface area (Å²) < 4.78 is 0. The number of aliphatic hydroxyl groups is 1. The molecule has 3 aromatic carbocycles. The molecule has 0 spiro atoms. The van der Waals surface area contributed by atoms with Crippen LogP contribution in [0.4, 0.5) is 0 Å². The van der Waals surface area contributed by atoms with Gasteiger partial charge in [-0.1, -0.05) is 84.9 Å². The molecular formula is C25H25NO. The van der Waals surface area contributed by atoms with E-state index in [4.69, 9.17) is 0 Å². The van der Waals surface area contributed by atoms with Crippen molar-refractivity contribution in [2.75, 3.05) is 13.1 Å². The average Bonchev–Trinajstić information content (AvgIpc) is 2.99. The molecule has 1 aliphatic heterocycles. The van der Waals surface area contributed by atoms with Crippen LogP contribution in [0.2, 0.25) is 0 Å². The second-order valence-corrected chi connectivity index (χ2v) is 7.94. The largest absolute Gasteiger partial charge is 0.380 e. The summed E-state index contributed by atoms with van der Waals surface area (Å²) in [6.07, 6.45) is 1.01. The first-order valence-electron chi connectivity index (χ1n) is 9.90. The van der Waals surface area contributed by atoms with Gasteiger partial charge in [-0.3, -0.25) is 4.90 Å². The predicted molar refractivity (Wildman–Crippen MR) is 108 cm³/mol. The molecule has 1 aliphatic carbocycles. The van der Waals surface area contributed by atoms with Gasteiger partial charge in [-0.15, -0.1) is 0 Å². The minimum Gasteiger partial charge on any atom is -0.380 e. The highest BCUT2D eigenvalue weighted by Crippen LogP contribution is 2.55. The molecule has 1 N–H and O–H groups in total. The van der Waals surface area contributed by atoms with Crippen LogP contribution in [0, 0.1) is 5.92 Å². The van der Waals surface area contributed by atoms with E-state index < -0.39 is 5.60 Å². The molecule has 0 amide bonds. The molecule has 3 unspecified atom stereocenters. The van der Waals surface area contributed by atoms with Crippen LogP contribution in [0.25, 0.3) is 0 Å². The maximum absolute atomic E-state index is 12.0. The van der Waals surface area contributed by atoms with E-state index in [0.717, 1.165) is 37.2 Å². The Hall–Kier alpha value is -2.42. The molecule has 0 saturated carbocycles. The molecule has 0 aromatic heterocycles. The van der Waals surface area contributed by atoms with Crippen LogP contribution < -0.4 is 0 Å². The van der Waals surface area contributed by atoms with Crippen LogP contribution in [0.1, 0.15) is 34.6 Å². The SMILES string of the molecule is OC1(c2ccccc2)c2ccccc2C2CN(Cc3ccccc3)CCC21. The summed E-state index contributed by atoms with van der Waals surface area (Å²) in [7, 11) is 0. The molecule has 1 fully saturated rings. The second kappa shape index (κ2) is 6.63. The predicted octanol–water partition coefficient (Wildman–Crippen LogP) is 4.54. The molecule has 136 valence electrons.